The van der Waals surface area contributed by atoms with Crippen LogP contribution in [0.15, 0.2) is 0 Å². The van der Waals surface area contributed by atoms with Crippen LogP contribution in [0.3, 0.4) is 0 Å². The fourth-order valence-corrected chi connectivity index (χ4v) is 3.58. The molecule has 1 aliphatic heterocycles. The van der Waals surface area contributed by atoms with Crippen molar-refractivity contribution < 1.29 is 0 Å². The van der Waals surface area contributed by atoms with Crippen molar-refractivity contribution in [3.05, 3.63) is 0 Å². The number of hydrogen-bond acceptors (Lipinski definition) is 2. The first-order valence-corrected chi connectivity index (χ1v) is 5.07. The third kappa shape index (κ3) is 0.686. The Bertz CT molecular complexity index is 216. The van der Waals surface area contributed by atoms with Gasteiger partial charge in [-0.25, -0.2) is 0 Å². The van der Waals surface area contributed by atoms with Crippen molar-refractivity contribution in [1.82, 2.24) is 5.32 Å². The summed E-state index contributed by atoms with van der Waals surface area (Å²) >= 11 is 0. The lowest BCUT2D eigenvalue weighted by Gasteiger charge is -2.40. The van der Waals surface area contributed by atoms with Crippen molar-refractivity contribution in [2.45, 2.75) is 38.1 Å². The van der Waals surface area contributed by atoms with E-state index in [0.717, 1.165) is 0 Å². The summed E-state index contributed by atoms with van der Waals surface area (Å²) < 4.78 is 0. The fourth-order valence-electron chi connectivity index (χ4n) is 3.58. The highest BCUT2D eigenvalue weighted by molar-refractivity contribution is 5.21. The molecule has 1 unspecified atom stereocenters. The molecule has 2 heteroatoms. The summed E-state index contributed by atoms with van der Waals surface area (Å²) in [6.07, 6.45) is 5.44. The smallest absolute Gasteiger partial charge is 0.0189 e. The highest BCUT2D eigenvalue weighted by Gasteiger charge is 2.66. The van der Waals surface area contributed by atoms with Crippen molar-refractivity contribution in [2.24, 2.45) is 16.6 Å². The van der Waals surface area contributed by atoms with Crippen LogP contribution in [0.25, 0.3) is 0 Å². The monoisotopic (exact) mass is 166 g/mol. The molecule has 2 saturated carbocycles. The third-order valence-electron chi connectivity index (χ3n) is 4.52. The first kappa shape index (κ1) is 7.34. The van der Waals surface area contributed by atoms with Crippen LogP contribution >= 0.6 is 0 Å². The Morgan fingerprint density at radius 2 is 1.83 bits per heavy atom. The maximum absolute atomic E-state index is 6.38. The highest BCUT2D eigenvalue weighted by atomic mass is 15.0. The molecular formula is C10H18N2. The second-order valence-corrected chi connectivity index (χ2v) is 5.65. The van der Waals surface area contributed by atoms with Gasteiger partial charge in [0.25, 0.3) is 0 Å². The molecule has 1 atom stereocenters. The minimum absolute atomic E-state index is 0.148. The summed E-state index contributed by atoms with van der Waals surface area (Å²) in [5.74, 6) is 0. The van der Waals surface area contributed by atoms with E-state index in [2.05, 4.69) is 12.2 Å². The molecule has 3 N–H and O–H groups in total. The van der Waals surface area contributed by atoms with Crippen LogP contribution in [0, 0.1) is 10.8 Å². The minimum Gasteiger partial charge on any atom is -0.325 e. The normalized spacial score (nSPS) is 46.5. The minimum atomic E-state index is 0.148. The molecule has 0 aromatic rings. The zero-order chi connectivity index (χ0) is 8.45. The Morgan fingerprint density at radius 3 is 2.08 bits per heavy atom. The Labute approximate surface area is 73.9 Å². The Kier molecular flexibility index (Phi) is 1.06. The molecule has 1 heterocycles. The maximum atomic E-state index is 6.38. The molecule has 1 saturated heterocycles. The molecule has 3 fully saturated rings. The van der Waals surface area contributed by atoms with Gasteiger partial charge in [0.2, 0.25) is 0 Å². The van der Waals surface area contributed by atoms with Gasteiger partial charge in [0, 0.05) is 18.6 Å². The van der Waals surface area contributed by atoms with Crippen LogP contribution in [0.5, 0.6) is 0 Å². The summed E-state index contributed by atoms with van der Waals surface area (Å²) in [7, 11) is 0. The number of rotatable bonds is 0. The topological polar surface area (TPSA) is 38.0 Å². The van der Waals surface area contributed by atoms with E-state index in [1.807, 2.05) is 0 Å². The van der Waals surface area contributed by atoms with E-state index in [1.54, 1.807) is 0 Å². The predicted octanol–water partition coefficient (Wildman–Crippen LogP) is 0.867. The number of nitrogens with one attached hydrogen (secondary N) is 1. The zero-order valence-electron chi connectivity index (χ0n) is 7.82. The van der Waals surface area contributed by atoms with Crippen molar-refractivity contribution in [3.8, 4) is 0 Å². The van der Waals surface area contributed by atoms with Gasteiger partial charge in [-0.05, 0) is 43.4 Å². The second-order valence-electron chi connectivity index (χ2n) is 5.65. The summed E-state index contributed by atoms with van der Waals surface area (Å²) in [5.41, 5.74) is 7.70. The van der Waals surface area contributed by atoms with E-state index in [9.17, 15) is 0 Å². The predicted molar refractivity (Wildman–Crippen MR) is 48.8 cm³/mol. The lowest BCUT2D eigenvalue weighted by Crippen LogP contribution is -2.53. The van der Waals surface area contributed by atoms with E-state index in [0.29, 0.717) is 10.8 Å². The largest absolute Gasteiger partial charge is 0.325 e. The molecule has 12 heavy (non-hydrogen) atoms. The molecule has 3 rings (SSSR count). The zero-order valence-corrected chi connectivity index (χ0v) is 7.82. The van der Waals surface area contributed by atoms with Gasteiger partial charge in [-0.2, -0.15) is 0 Å². The lowest BCUT2D eigenvalue weighted by atomic mass is 9.78. The summed E-state index contributed by atoms with van der Waals surface area (Å²) in [5, 5.41) is 3.39. The first-order chi connectivity index (χ1) is 5.58. The van der Waals surface area contributed by atoms with E-state index in [1.165, 1.54) is 38.8 Å². The van der Waals surface area contributed by atoms with Crippen LogP contribution in [0.4, 0.5) is 0 Å². The van der Waals surface area contributed by atoms with Crippen molar-refractivity contribution in [1.29, 1.82) is 0 Å². The van der Waals surface area contributed by atoms with E-state index in [-0.39, 0.29) is 5.54 Å². The van der Waals surface area contributed by atoms with Crippen molar-refractivity contribution >= 4 is 0 Å². The molecule has 0 radical (unpaired) electrons. The molecule has 0 bridgehead atoms. The van der Waals surface area contributed by atoms with Crippen LogP contribution in [-0.2, 0) is 0 Å². The molecule has 3 aliphatic rings. The van der Waals surface area contributed by atoms with Crippen LogP contribution in [0.1, 0.15) is 32.6 Å². The Balaban J connectivity index is 1.91. The summed E-state index contributed by atoms with van der Waals surface area (Å²) in [4.78, 5) is 0. The molecule has 68 valence electrons. The van der Waals surface area contributed by atoms with Crippen molar-refractivity contribution in [2.75, 3.05) is 13.1 Å². The third-order valence-corrected chi connectivity index (χ3v) is 4.52. The van der Waals surface area contributed by atoms with Gasteiger partial charge in [0.05, 0.1) is 0 Å². The fraction of sp³-hybridized carbons (Fsp3) is 1.00. The summed E-state index contributed by atoms with van der Waals surface area (Å²) in [6.45, 7) is 4.72. The second kappa shape index (κ2) is 1.73. The molecule has 2 aliphatic carbocycles. The van der Waals surface area contributed by atoms with E-state index < -0.39 is 0 Å². The molecular weight excluding hydrogens is 148 g/mol. The van der Waals surface area contributed by atoms with Crippen LogP contribution in [0.2, 0.25) is 0 Å². The SMILES string of the molecule is CC1(N)CC2(CNC2)CC12CC2. The van der Waals surface area contributed by atoms with Gasteiger partial charge in [-0.1, -0.05) is 0 Å². The maximum Gasteiger partial charge on any atom is 0.0189 e. The average molecular weight is 166 g/mol. The quantitative estimate of drug-likeness (QED) is 0.560. The highest BCUT2D eigenvalue weighted by Crippen LogP contribution is 2.68. The van der Waals surface area contributed by atoms with Gasteiger partial charge in [0.15, 0.2) is 0 Å². The lowest BCUT2D eigenvalue weighted by molar-refractivity contribution is 0.164. The average Bonchev–Trinajstić information content (AvgIpc) is 2.58. The van der Waals surface area contributed by atoms with E-state index in [4.69, 9.17) is 5.73 Å². The number of nitrogens with two attached hydrogens (primary N) is 1. The van der Waals surface area contributed by atoms with Crippen molar-refractivity contribution in [3.63, 3.8) is 0 Å². The molecule has 0 aromatic heterocycles. The molecule has 0 aromatic carbocycles. The molecule has 2 nitrogen and oxygen atoms in total. The van der Waals surface area contributed by atoms with Gasteiger partial charge in [0.1, 0.15) is 0 Å². The first-order valence-electron chi connectivity index (χ1n) is 5.07. The molecule has 0 amide bonds. The van der Waals surface area contributed by atoms with Crippen LogP contribution < -0.4 is 11.1 Å². The van der Waals surface area contributed by atoms with Gasteiger partial charge in [-0.3, -0.25) is 0 Å². The summed E-state index contributed by atoms with van der Waals surface area (Å²) in [6, 6.07) is 0. The van der Waals surface area contributed by atoms with Crippen LogP contribution in [-0.4, -0.2) is 18.6 Å². The molecule has 2 spiro atoms. The number of hydrogen-bond donors (Lipinski definition) is 2. The van der Waals surface area contributed by atoms with Gasteiger partial charge >= 0.3 is 0 Å². The van der Waals surface area contributed by atoms with E-state index >= 15 is 0 Å². The van der Waals surface area contributed by atoms with Gasteiger partial charge in [-0.15, -0.1) is 0 Å². The Morgan fingerprint density at radius 1 is 1.17 bits per heavy atom. The van der Waals surface area contributed by atoms with Gasteiger partial charge < -0.3 is 11.1 Å². The Hall–Kier alpha value is -0.0800. The standard InChI is InChI=1S/C10H18N2/c1-8(11)4-9(6-12-7-9)5-10(8)2-3-10/h12H,2-7,11H2,1H3.